The third kappa shape index (κ3) is 38.3. The topological polar surface area (TPSA) is 175 Å². The van der Waals surface area contributed by atoms with Gasteiger partial charge in [-0.3, -0.25) is 9.59 Å². The number of rotatable bonds is 49. The molecule has 8 unspecified atom stereocenters. The second-order valence-corrected chi connectivity index (χ2v) is 20.4. The quantitative estimate of drug-likeness (QED) is 0.0195. The number of esters is 1. The summed E-state index contributed by atoms with van der Waals surface area (Å²) < 4.78 is 17.6. The molecule has 0 aromatic heterocycles. The molecule has 1 rings (SSSR count). The predicted octanol–water partition coefficient (Wildman–Crippen LogP) is 13.6. The van der Waals surface area contributed by atoms with E-state index in [2.05, 4.69) is 86.8 Å². The molecule has 0 aliphatic carbocycles. The molecule has 0 spiro atoms. The number of hydrogen-bond donors (Lipinski definition) is 6. The Bertz CT molecular complexity index is 1460. The Hall–Kier alpha value is -2.90. The van der Waals surface area contributed by atoms with E-state index >= 15 is 0 Å². The van der Waals surface area contributed by atoms with Crippen molar-refractivity contribution in [2.24, 2.45) is 0 Å². The van der Waals surface area contributed by atoms with E-state index in [0.29, 0.717) is 12.8 Å². The second-order valence-electron chi connectivity index (χ2n) is 20.4. The summed E-state index contributed by atoms with van der Waals surface area (Å²) in [7, 11) is 0. The average molecular weight is 1030 g/mol. The van der Waals surface area contributed by atoms with E-state index in [0.717, 1.165) is 77.0 Å². The van der Waals surface area contributed by atoms with E-state index in [1.54, 1.807) is 6.08 Å². The Kier molecular flexibility index (Phi) is 46.6. The molecule has 0 aromatic rings. The monoisotopic (exact) mass is 1030 g/mol. The SMILES string of the molecule is CCCCC/C=C\C/C=C\C/C=C\C/C=C\CCCCCC(=O)OC1C(OCC(NC(=O)C(O)CCCC/C=C\CCCCCCCC)C(O)/C=C/CCCCCCCCCCCCC)OC(CO)C(O)C1O. The Labute approximate surface area is 445 Å². The van der Waals surface area contributed by atoms with Crippen molar-refractivity contribution in [3.8, 4) is 0 Å². The predicted molar refractivity (Wildman–Crippen MR) is 301 cm³/mol. The van der Waals surface area contributed by atoms with Crippen molar-refractivity contribution in [2.45, 2.75) is 294 Å². The summed E-state index contributed by atoms with van der Waals surface area (Å²) in [5.41, 5.74) is 0. The lowest BCUT2D eigenvalue weighted by molar-refractivity contribution is -0.305. The maximum atomic E-state index is 13.4. The fourth-order valence-electron chi connectivity index (χ4n) is 8.80. The van der Waals surface area contributed by atoms with Crippen LogP contribution in [0.15, 0.2) is 72.9 Å². The Morgan fingerprint density at radius 1 is 0.534 bits per heavy atom. The fourth-order valence-corrected chi connectivity index (χ4v) is 8.80. The highest BCUT2D eigenvalue weighted by atomic mass is 16.7. The second kappa shape index (κ2) is 49.9. The molecule has 1 amide bonds. The van der Waals surface area contributed by atoms with Gasteiger partial charge in [0.05, 0.1) is 25.4 Å². The van der Waals surface area contributed by atoms with Gasteiger partial charge in [0.15, 0.2) is 12.4 Å². The fraction of sp³-hybridized carbons (Fsp3) is 0.774. The zero-order chi connectivity index (χ0) is 53.3. The molecule has 422 valence electrons. The molecular weight excluding hydrogens is 919 g/mol. The number of aliphatic hydroxyl groups excluding tert-OH is 5. The minimum Gasteiger partial charge on any atom is -0.454 e. The van der Waals surface area contributed by atoms with Gasteiger partial charge >= 0.3 is 5.97 Å². The molecule has 1 heterocycles. The smallest absolute Gasteiger partial charge is 0.306 e. The van der Waals surface area contributed by atoms with E-state index in [1.807, 2.05) is 6.08 Å². The van der Waals surface area contributed by atoms with Gasteiger partial charge in [-0.2, -0.15) is 0 Å². The molecule has 11 heteroatoms. The van der Waals surface area contributed by atoms with Gasteiger partial charge in [-0.05, 0) is 96.3 Å². The van der Waals surface area contributed by atoms with Crippen LogP contribution < -0.4 is 5.32 Å². The first-order valence-electron chi connectivity index (χ1n) is 29.7. The normalized spacial score (nSPS) is 19.9. The summed E-state index contributed by atoms with van der Waals surface area (Å²) in [5.74, 6) is -1.25. The van der Waals surface area contributed by atoms with Crippen molar-refractivity contribution < 1.29 is 49.3 Å². The number of aliphatic hydroxyl groups is 5. The molecule has 11 nitrogen and oxygen atoms in total. The van der Waals surface area contributed by atoms with Gasteiger partial charge in [0.2, 0.25) is 5.91 Å². The summed E-state index contributed by atoms with van der Waals surface area (Å²) in [6.07, 6.45) is 52.3. The van der Waals surface area contributed by atoms with Crippen LogP contribution in [-0.4, -0.2) is 99.6 Å². The Balaban J connectivity index is 2.75. The first-order chi connectivity index (χ1) is 35.7. The zero-order valence-electron chi connectivity index (χ0n) is 46.5. The van der Waals surface area contributed by atoms with Gasteiger partial charge in [0, 0.05) is 6.42 Å². The van der Waals surface area contributed by atoms with E-state index < -0.39 is 67.4 Å². The van der Waals surface area contributed by atoms with Gasteiger partial charge < -0.3 is 45.1 Å². The maximum Gasteiger partial charge on any atom is 0.306 e. The lowest BCUT2D eigenvalue weighted by atomic mass is 9.99. The number of allylic oxidation sites excluding steroid dienone is 11. The first-order valence-corrected chi connectivity index (χ1v) is 29.7. The number of carbonyl (C=O) groups is 2. The van der Waals surface area contributed by atoms with Crippen molar-refractivity contribution in [3.63, 3.8) is 0 Å². The molecule has 73 heavy (non-hydrogen) atoms. The molecule has 0 aromatic carbocycles. The van der Waals surface area contributed by atoms with E-state index in [1.165, 1.54) is 122 Å². The van der Waals surface area contributed by atoms with Crippen LogP contribution in [0.5, 0.6) is 0 Å². The molecule has 1 aliphatic heterocycles. The van der Waals surface area contributed by atoms with Gasteiger partial charge in [0.25, 0.3) is 0 Å². The summed E-state index contributed by atoms with van der Waals surface area (Å²) >= 11 is 0. The maximum absolute atomic E-state index is 13.4. The highest BCUT2D eigenvalue weighted by Gasteiger charge is 2.47. The molecule has 0 saturated carbocycles. The van der Waals surface area contributed by atoms with E-state index in [-0.39, 0.29) is 19.4 Å². The molecule has 0 bridgehead atoms. The molecule has 6 N–H and O–H groups in total. The molecule has 0 radical (unpaired) electrons. The minimum absolute atomic E-state index is 0.0821. The van der Waals surface area contributed by atoms with E-state index in [4.69, 9.17) is 14.2 Å². The van der Waals surface area contributed by atoms with Crippen LogP contribution in [0.2, 0.25) is 0 Å². The highest BCUT2D eigenvalue weighted by Crippen LogP contribution is 2.26. The van der Waals surface area contributed by atoms with Gasteiger partial charge in [0.1, 0.15) is 24.4 Å². The summed E-state index contributed by atoms with van der Waals surface area (Å²) in [5, 5.41) is 56.8. The molecule has 1 fully saturated rings. The van der Waals surface area contributed by atoms with Crippen molar-refractivity contribution in [1.29, 1.82) is 0 Å². The highest BCUT2D eigenvalue weighted by molar-refractivity contribution is 5.80. The van der Waals surface area contributed by atoms with Crippen LogP contribution in [0.3, 0.4) is 0 Å². The molecule has 1 saturated heterocycles. The van der Waals surface area contributed by atoms with Crippen molar-refractivity contribution in [2.75, 3.05) is 13.2 Å². The van der Waals surface area contributed by atoms with Crippen LogP contribution in [0.4, 0.5) is 0 Å². The standard InChI is InChI=1S/C62H109NO10/c1-4-7-10-13-16-19-22-25-26-27-28-29-30-32-35-38-41-44-47-50-57(67)73-60-59(69)58(68)56(51-64)72-62(60)71-52-53(54(65)48-45-42-39-36-34-31-23-20-17-14-11-8-5-2)63-61(70)55(66)49-46-43-40-37-33-24-21-18-15-12-9-6-3/h16,19,25-26,28-29,32-33,35,37,45,48,53-56,58-60,62,64-66,68-69H,4-15,17-18,20-24,27,30-31,34,36,38-44,46-47,49-52H2,1-3H3,(H,63,70)/b19-16-,26-25-,29-28-,35-32-,37-33-,48-45+. The lowest BCUT2D eigenvalue weighted by Crippen LogP contribution is -2.61. The Morgan fingerprint density at radius 3 is 1.45 bits per heavy atom. The number of unbranched alkanes of at least 4 members (excludes halogenated alkanes) is 25. The number of ether oxygens (including phenoxy) is 3. The van der Waals surface area contributed by atoms with Crippen LogP contribution in [0.25, 0.3) is 0 Å². The number of nitrogens with one attached hydrogen (secondary N) is 1. The molecular formula is C62H109NO10. The van der Waals surface area contributed by atoms with Crippen LogP contribution >= 0.6 is 0 Å². The summed E-state index contributed by atoms with van der Waals surface area (Å²) in [6.45, 7) is 5.71. The van der Waals surface area contributed by atoms with Crippen LogP contribution in [0.1, 0.15) is 245 Å². The number of carbonyl (C=O) groups excluding carboxylic acids is 2. The van der Waals surface area contributed by atoms with Crippen molar-refractivity contribution in [3.05, 3.63) is 72.9 Å². The number of hydrogen-bond acceptors (Lipinski definition) is 10. The van der Waals surface area contributed by atoms with Crippen LogP contribution in [0, 0.1) is 0 Å². The van der Waals surface area contributed by atoms with Gasteiger partial charge in [-0.15, -0.1) is 0 Å². The van der Waals surface area contributed by atoms with Crippen molar-refractivity contribution in [1.82, 2.24) is 5.32 Å². The summed E-state index contributed by atoms with van der Waals surface area (Å²) in [4.78, 5) is 26.5. The van der Waals surface area contributed by atoms with Gasteiger partial charge in [-0.25, -0.2) is 0 Å². The van der Waals surface area contributed by atoms with Crippen LogP contribution in [-0.2, 0) is 23.8 Å². The van der Waals surface area contributed by atoms with Crippen molar-refractivity contribution >= 4 is 11.9 Å². The largest absolute Gasteiger partial charge is 0.454 e. The van der Waals surface area contributed by atoms with E-state index in [9.17, 15) is 35.1 Å². The average Bonchev–Trinajstić information content (AvgIpc) is 3.39. The molecule has 1 aliphatic rings. The van der Waals surface area contributed by atoms with Gasteiger partial charge in [-0.1, -0.05) is 216 Å². The first kappa shape index (κ1) is 68.1. The molecule has 8 atom stereocenters. The summed E-state index contributed by atoms with van der Waals surface area (Å²) in [6, 6.07) is -1.04. The third-order valence-electron chi connectivity index (χ3n) is 13.6. The Morgan fingerprint density at radius 2 is 0.945 bits per heavy atom. The minimum atomic E-state index is -1.63. The number of amides is 1. The zero-order valence-corrected chi connectivity index (χ0v) is 46.5. The lowest BCUT2D eigenvalue weighted by Gasteiger charge is -2.41. The third-order valence-corrected chi connectivity index (χ3v) is 13.6.